The van der Waals surface area contributed by atoms with Crippen LogP contribution in [0.25, 0.3) is 20.8 Å². The molecule has 5 aromatic rings. The molecule has 1 saturated heterocycles. The zero-order valence-corrected chi connectivity index (χ0v) is 20.9. The van der Waals surface area contributed by atoms with Gasteiger partial charge in [0, 0.05) is 16.3 Å². The molecule has 0 unspecified atom stereocenters. The summed E-state index contributed by atoms with van der Waals surface area (Å²) in [5.74, 6) is 1.26. The zero-order chi connectivity index (χ0) is 24.6. The van der Waals surface area contributed by atoms with Crippen LogP contribution in [-0.2, 0) is 4.79 Å². The molecule has 0 spiro atoms. The van der Waals surface area contributed by atoms with Crippen molar-refractivity contribution in [2.75, 3.05) is 12.0 Å². The first kappa shape index (κ1) is 22.6. The standard InChI is InChI=1S/C29H21ClN2O3S/c1-34-22-16-12-21(13-17-22)32-26(18-6-10-20(30)11-7-18)27(29(32)33)35-23-14-8-19(9-15-23)28-31-24-4-2-3-5-25(24)36-28/h2-17,26-27H,1H3/t26-,27+/m0/s1. The highest BCUT2D eigenvalue weighted by Crippen LogP contribution is 2.42. The van der Waals surface area contributed by atoms with Crippen molar-refractivity contribution >= 4 is 44.7 Å². The molecule has 2 heterocycles. The Bertz CT molecular complexity index is 1500. The Morgan fingerprint density at radius 2 is 1.56 bits per heavy atom. The summed E-state index contributed by atoms with van der Waals surface area (Å²) in [5, 5.41) is 1.59. The zero-order valence-electron chi connectivity index (χ0n) is 19.3. The van der Waals surface area contributed by atoms with E-state index in [2.05, 4.69) is 6.07 Å². The average molecular weight is 513 g/mol. The van der Waals surface area contributed by atoms with Crippen molar-refractivity contribution < 1.29 is 14.3 Å². The molecule has 0 N–H and O–H groups in total. The van der Waals surface area contributed by atoms with Gasteiger partial charge in [0.2, 0.25) is 6.10 Å². The lowest BCUT2D eigenvalue weighted by Gasteiger charge is -2.46. The summed E-state index contributed by atoms with van der Waals surface area (Å²) in [6.07, 6.45) is -0.651. The maximum atomic E-state index is 13.3. The fraction of sp³-hybridized carbons (Fsp3) is 0.103. The van der Waals surface area contributed by atoms with Crippen molar-refractivity contribution in [2.45, 2.75) is 12.1 Å². The smallest absolute Gasteiger partial charge is 0.271 e. The first-order valence-electron chi connectivity index (χ1n) is 11.5. The summed E-state index contributed by atoms with van der Waals surface area (Å²) < 4.78 is 12.7. The molecule has 36 heavy (non-hydrogen) atoms. The Labute approximate surface area is 217 Å². The van der Waals surface area contributed by atoms with Crippen molar-refractivity contribution in [3.63, 3.8) is 0 Å². The van der Waals surface area contributed by atoms with Crippen LogP contribution in [0.5, 0.6) is 11.5 Å². The minimum Gasteiger partial charge on any atom is -0.497 e. The van der Waals surface area contributed by atoms with E-state index in [0.29, 0.717) is 10.8 Å². The van der Waals surface area contributed by atoms with Crippen molar-refractivity contribution in [1.29, 1.82) is 0 Å². The van der Waals surface area contributed by atoms with E-state index in [1.807, 2.05) is 91.0 Å². The van der Waals surface area contributed by atoms with Crippen LogP contribution in [0.2, 0.25) is 5.02 Å². The Hall–Kier alpha value is -3.87. The van der Waals surface area contributed by atoms with E-state index >= 15 is 0 Å². The fourth-order valence-electron chi connectivity index (χ4n) is 4.41. The largest absolute Gasteiger partial charge is 0.497 e. The SMILES string of the molecule is COc1ccc(N2C(=O)[C@H](Oc3ccc(-c4nc5ccccc5s4)cc3)[C@@H]2c2ccc(Cl)cc2)cc1. The predicted molar refractivity (Wildman–Crippen MR) is 144 cm³/mol. The number of methoxy groups -OCH3 is 1. The lowest BCUT2D eigenvalue weighted by Crippen LogP contribution is -2.61. The fourth-order valence-corrected chi connectivity index (χ4v) is 5.51. The highest BCUT2D eigenvalue weighted by Gasteiger charge is 2.51. The molecule has 0 saturated carbocycles. The lowest BCUT2D eigenvalue weighted by atomic mass is 9.89. The molecule has 1 aliphatic rings. The number of thiazole rings is 1. The van der Waals surface area contributed by atoms with Gasteiger partial charge in [-0.1, -0.05) is 35.9 Å². The third-order valence-electron chi connectivity index (χ3n) is 6.27. The Kier molecular flexibility index (Phi) is 5.83. The van der Waals surface area contributed by atoms with Crippen LogP contribution in [0.1, 0.15) is 11.6 Å². The number of para-hydroxylation sites is 1. The Morgan fingerprint density at radius 3 is 2.25 bits per heavy atom. The van der Waals surface area contributed by atoms with Gasteiger partial charge >= 0.3 is 0 Å². The van der Waals surface area contributed by atoms with Gasteiger partial charge in [-0.25, -0.2) is 4.98 Å². The quantitative estimate of drug-likeness (QED) is 0.226. The normalized spacial score (nSPS) is 17.2. The molecule has 1 fully saturated rings. The summed E-state index contributed by atoms with van der Waals surface area (Å²) in [7, 11) is 1.62. The van der Waals surface area contributed by atoms with Gasteiger partial charge in [-0.15, -0.1) is 11.3 Å². The highest BCUT2D eigenvalue weighted by atomic mass is 35.5. The maximum absolute atomic E-state index is 13.3. The number of amides is 1. The van der Waals surface area contributed by atoms with Crippen LogP contribution in [0, 0.1) is 0 Å². The van der Waals surface area contributed by atoms with Gasteiger partial charge in [0.05, 0.1) is 17.3 Å². The number of β-lactam (4-membered cyclic amide) rings is 1. The van der Waals surface area contributed by atoms with Crippen LogP contribution in [0.3, 0.4) is 0 Å². The van der Waals surface area contributed by atoms with E-state index < -0.39 is 6.10 Å². The summed E-state index contributed by atoms with van der Waals surface area (Å²) in [4.78, 5) is 19.8. The number of carbonyl (C=O) groups excluding carboxylic acids is 1. The van der Waals surface area contributed by atoms with Crippen molar-refractivity contribution in [1.82, 2.24) is 4.98 Å². The average Bonchev–Trinajstić information content (AvgIpc) is 3.36. The number of hydrogen-bond donors (Lipinski definition) is 0. The number of ether oxygens (including phenoxy) is 2. The van der Waals surface area contributed by atoms with Crippen LogP contribution in [0.4, 0.5) is 5.69 Å². The number of halogens is 1. The molecule has 4 aromatic carbocycles. The van der Waals surface area contributed by atoms with Crippen molar-refractivity contribution in [2.24, 2.45) is 0 Å². The molecule has 0 bridgehead atoms. The minimum atomic E-state index is -0.651. The molecule has 0 radical (unpaired) electrons. The first-order valence-corrected chi connectivity index (χ1v) is 12.7. The number of benzene rings is 4. The number of carbonyl (C=O) groups is 1. The number of aromatic nitrogens is 1. The molecule has 1 aliphatic heterocycles. The second-order valence-electron chi connectivity index (χ2n) is 8.45. The van der Waals surface area contributed by atoms with Gasteiger partial charge < -0.3 is 9.47 Å². The topological polar surface area (TPSA) is 51.7 Å². The third-order valence-corrected chi connectivity index (χ3v) is 7.60. The first-order chi connectivity index (χ1) is 17.6. The van der Waals surface area contributed by atoms with E-state index in [9.17, 15) is 4.79 Å². The number of anilines is 1. The van der Waals surface area contributed by atoms with Gasteiger partial charge in [-0.3, -0.25) is 9.69 Å². The monoisotopic (exact) mass is 512 g/mol. The summed E-state index contributed by atoms with van der Waals surface area (Å²) in [6, 6.07) is 30.5. The van der Waals surface area contributed by atoms with E-state index in [4.69, 9.17) is 26.1 Å². The Balaban J connectivity index is 1.27. The van der Waals surface area contributed by atoms with E-state index in [0.717, 1.165) is 37.8 Å². The number of rotatable bonds is 6. The second kappa shape index (κ2) is 9.30. The highest BCUT2D eigenvalue weighted by molar-refractivity contribution is 7.21. The van der Waals surface area contributed by atoms with Crippen molar-refractivity contribution in [3.05, 3.63) is 108 Å². The van der Waals surface area contributed by atoms with E-state index in [1.165, 1.54) is 0 Å². The molecule has 7 heteroatoms. The van der Waals surface area contributed by atoms with E-state index in [-0.39, 0.29) is 11.9 Å². The number of nitrogens with zero attached hydrogens (tertiary/aromatic N) is 2. The molecule has 1 amide bonds. The van der Waals surface area contributed by atoms with Gasteiger partial charge in [0.25, 0.3) is 5.91 Å². The predicted octanol–water partition coefficient (Wildman–Crippen LogP) is 7.16. The lowest BCUT2D eigenvalue weighted by molar-refractivity contribution is -0.135. The van der Waals surface area contributed by atoms with Crippen LogP contribution in [-0.4, -0.2) is 24.1 Å². The van der Waals surface area contributed by atoms with Gasteiger partial charge in [-0.05, 0) is 78.4 Å². The summed E-state index contributed by atoms with van der Waals surface area (Å²) in [6.45, 7) is 0. The molecule has 6 rings (SSSR count). The molecule has 0 aliphatic carbocycles. The molecule has 2 atom stereocenters. The maximum Gasteiger partial charge on any atom is 0.271 e. The van der Waals surface area contributed by atoms with Gasteiger partial charge in [0.1, 0.15) is 22.5 Å². The van der Waals surface area contributed by atoms with Crippen LogP contribution < -0.4 is 14.4 Å². The Morgan fingerprint density at radius 1 is 0.861 bits per heavy atom. The molecule has 178 valence electrons. The minimum absolute atomic E-state index is 0.102. The van der Waals surface area contributed by atoms with Gasteiger partial charge in [0.15, 0.2) is 0 Å². The molecule has 5 nitrogen and oxygen atoms in total. The summed E-state index contributed by atoms with van der Waals surface area (Å²) in [5.41, 5.74) is 3.73. The summed E-state index contributed by atoms with van der Waals surface area (Å²) >= 11 is 7.77. The van der Waals surface area contributed by atoms with Crippen molar-refractivity contribution in [3.8, 4) is 22.1 Å². The molecular formula is C29H21ClN2O3S. The second-order valence-corrected chi connectivity index (χ2v) is 9.92. The third kappa shape index (κ3) is 4.08. The van der Waals surface area contributed by atoms with Gasteiger partial charge in [-0.2, -0.15) is 0 Å². The number of fused-ring (bicyclic) bond motifs is 1. The van der Waals surface area contributed by atoms with Crippen LogP contribution in [0.15, 0.2) is 97.1 Å². The molecule has 1 aromatic heterocycles. The van der Waals surface area contributed by atoms with E-state index in [1.54, 1.807) is 23.3 Å². The van der Waals surface area contributed by atoms with Crippen LogP contribution >= 0.6 is 22.9 Å². The molecular weight excluding hydrogens is 492 g/mol. The number of hydrogen-bond acceptors (Lipinski definition) is 5.